The number of hydrogen-bond acceptors (Lipinski definition) is 2. The summed E-state index contributed by atoms with van der Waals surface area (Å²) in [5, 5.41) is 0. The monoisotopic (exact) mass is 240 g/mol. The molecule has 0 aliphatic heterocycles. The van der Waals surface area contributed by atoms with E-state index in [1.165, 1.54) is 6.92 Å². The minimum Gasteiger partial charge on any atom is -0.342 e. The molecular weight excluding hydrogens is 227 g/mol. The molecule has 0 bridgehead atoms. The average Bonchev–Trinajstić information content (AvgIpc) is 2.58. The fourth-order valence-electron chi connectivity index (χ4n) is 1.50. The molecule has 1 aromatic carbocycles. The molecule has 0 radical (unpaired) electrons. The summed E-state index contributed by atoms with van der Waals surface area (Å²) in [4.78, 5) is 25.3. The van der Waals surface area contributed by atoms with Gasteiger partial charge in [-0.25, -0.2) is 4.98 Å². The summed E-state index contributed by atoms with van der Waals surface area (Å²) < 4.78 is 11.0. The fraction of sp³-hybridized carbons (Fsp3) is 0.300. The Morgan fingerprint density at radius 2 is 2.12 bits per heavy atom. The molecule has 5 nitrogen and oxygen atoms in total. The van der Waals surface area contributed by atoms with Crippen LogP contribution in [0, 0.1) is 0 Å². The van der Waals surface area contributed by atoms with Gasteiger partial charge < -0.3 is 14.8 Å². The van der Waals surface area contributed by atoms with E-state index in [0.29, 0.717) is 5.82 Å². The van der Waals surface area contributed by atoms with Crippen LogP contribution in [0.1, 0.15) is 12.7 Å². The highest BCUT2D eigenvalue weighted by Crippen LogP contribution is 2.42. The first-order chi connectivity index (χ1) is 7.47. The number of imidazole rings is 1. The third-order valence-corrected chi connectivity index (χ3v) is 3.83. The van der Waals surface area contributed by atoms with Gasteiger partial charge in [-0.05, 0) is 12.1 Å². The van der Waals surface area contributed by atoms with E-state index in [9.17, 15) is 4.57 Å². The molecule has 3 N–H and O–H groups in total. The Kier molecular flexibility index (Phi) is 2.84. The molecule has 0 spiro atoms. The van der Waals surface area contributed by atoms with Gasteiger partial charge in [0, 0.05) is 6.42 Å². The SMILES string of the molecule is CC(Cc1nc2ccccc2[nH]1)P(=O)(O)O. The Bertz CT molecular complexity index is 513. The molecule has 0 saturated heterocycles. The number of para-hydroxylation sites is 2. The summed E-state index contributed by atoms with van der Waals surface area (Å²) in [5.41, 5.74) is 0.985. The van der Waals surface area contributed by atoms with Crippen LogP contribution in [-0.2, 0) is 11.0 Å². The van der Waals surface area contributed by atoms with Crippen molar-refractivity contribution >= 4 is 18.6 Å². The summed E-state index contributed by atoms with van der Waals surface area (Å²) in [5.74, 6) is 0.608. The van der Waals surface area contributed by atoms with Crippen LogP contribution in [-0.4, -0.2) is 25.4 Å². The number of aromatic amines is 1. The lowest BCUT2D eigenvalue weighted by Gasteiger charge is -2.10. The van der Waals surface area contributed by atoms with Crippen molar-refractivity contribution in [2.75, 3.05) is 0 Å². The van der Waals surface area contributed by atoms with Crippen LogP contribution in [0.4, 0.5) is 0 Å². The zero-order chi connectivity index (χ0) is 11.8. The lowest BCUT2D eigenvalue weighted by atomic mass is 10.3. The van der Waals surface area contributed by atoms with E-state index in [1.54, 1.807) is 0 Å². The largest absolute Gasteiger partial charge is 0.342 e. The van der Waals surface area contributed by atoms with Gasteiger partial charge in [-0.1, -0.05) is 19.1 Å². The van der Waals surface area contributed by atoms with Crippen molar-refractivity contribution in [3.05, 3.63) is 30.1 Å². The number of H-pyrrole nitrogens is 1. The van der Waals surface area contributed by atoms with Gasteiger partial charge in [0.2, 0.25) is 0 Å². The molecule has 0 saturated carbocycles. The van der Waals surface area contributed by atoms with Crippen molar-refractivity contribution in [3.8, 4) is 0 Å². The summed E-state index contributed by atoms with van der Waals surface area (Å²) in [7, 11) is -4.03. The van der Waals surface area contributed by atoms with Gasteiger partial charge >= 0.3 is 7.60 Å². The normalized spacial score (nSPS) is 14.2. The molecule has 0 amide bonds. The van der Waals surface area contributed by atoms with Crippen LogP contribution in [0.3, 0.4) is 0 Å². The number of aromatic nitrogens is 2. The minimum absolute atomic E-state index is 0.249. The van der Waals surface area contributed by atoms with E-state index in [2.05, 4.69) is 9.97 Å². The van der Waals surface area contributed by atoms with Gasteiger partial charge in [-0.2, -0.15) is 0 Å². The summed E-state index contributed by atoms with van der Waals surface area (Å²) >= 11 is 0. The second-order valence-electron chi connectivity index (χ2n) is 3.84. The summed E-state index contributed by atoms with van der Waals surface area (Å²) in [6, 6.07) is 7.50. The molecule has 0 aliphatic carbocycles. The number of fused-ring (bicyclic) bond motifs is 1. The maximum Gasteiger partial charge on any atom is 0.328 e. The van der Waals surface area contributed by atoms with Gasteiger partial charge in [0.1, 0.15) is 5.82 Å². The summed E-state index contributed by atoms with van der Waals surface area (Å²) in [6.07, 6.45) is 0.249. The van der Waals surface area contributed by atoms with E-state index in [1.807, 2.05) is 24.3 Å². The van der Waals surface area contributed by atoms with Crippen LogP contribution < -0.4 is 0 Å². The molecule has 1 heterocycles. The topological polar surface area (TPSA) is 86.2 Å². The standard InChI is InChI=1S/C10H13N2O3P/c1-7(16(13,14)15)6-10-11-8-4-2-3-5-9(8)12-10/h2-5,7H,6H2,1H3,(H,11,12)(H2,13,14,15). The number of hydrogen-bond donors (Lipinski definition) is 3. The minimum atomic E-state index is -4.03. The van der Waals surface area contributed by atoms with E-state index < -0.39 is 13.3 Å². The molecule has 1 unspecified atom stereocenters. The van der Waals surface area contributed by atoms with Crippen molar-refractivity contribution in [1.29, 1.82) is 0 Å². The molecule has 2 rings (SSSR count). The molecule has 2 aromatic rings. The van der Waals surface area contributed by atoms with Crippen LogP contribution >= 0.6 is 7.60 Å². The van der Waals surface area contributed by atoms with Gasteiger partial charge in [-0.15, -0.1) is 0 Å². The maximum atomic E-state index is 11.0. The van der Waals surface area contributed by atoms with E-state index in [-0.39, 0.29) is 6.42 Å². The number of rotatable bonds is 3. The highest BCUT2D eigenvalue weighted by Gasteiger charge is 2.25. The van der Waals surface area contributed by atoms with Gasteiger partial charge in [-0.3, -0.25) is 4.57 Å². The Morgan fingerprint density at radius 3 is 2.75 bits per heavy atom. The third kappa shape index (κ3) is 2.32. The quantitative estimate of drug-likeness (QED) is 0.712. The average molecular weight is 240 g/mol. The van der Waals surface area contributed by atoms with Crippen LogP contribution in [0.2, 0.25) is 0 Å². The van der Waals surface area contributed by atoms with Crippen molar-refractivity contribution in [2.45, 2.75) is 19.0 Å². The molecule has 6 heteroatoms. The number of benzene rings is 1. The third-order valence-electron chi connectivity index (χ3n) is 2.50. The van der Waals surface area contributed by atoms with Crippen LogP contribution in [0.5, 0.6) is 0 Å². The predicted octanol–water partition coefficient (Wildman–Crippen LogP) is 1.67. The first-order valence-electron chi connectivity index (χ1n) is 4.95. The maximum absolute atomic E-state index is 11.0. The molecular formula is C10H13N2O3P. The molecule has 16 heavy (non-hydrogen) atoms. The van der Waals surface area contributed by atoms with Crippen molar-refractivity contribution < 1.29 is 14.4 Å². The summed E-state index contributed by atoms with van der Waals surface area (Å²) in [6.45, 7) is 1.52. The molecule has 0 fully saturated rings. The van der Waals surface area contributed by atoms with E-state index in [4.69, 9.17) is 9.79 Å². The lowest BCUT2D eigenvalue weighted by molar-refractivity contribution is 0.359. The highest BCUT2D eigenvalue weighted by molar-refractivity contribution is 7.52. The molecule has 1 aromatic heterocycles. The molecule has 1 atom stereocenters. The first kappa shape index (κ1) is 11.3. The highest BCUT2D eigenvalue weighted by atomic mass is 31.2. The fourth-order valence-corrected chi connectivity index (χ4v) is 1.91. The van der Waals surface area contributed by atoms with Gasteiger partial charge in [0.05, 0.1) is 16.7 Å². The molecule has 86 valence electrons. The van der Waals surface area contributed by atoms with E-state index in [0.717, 1.165) is 11.0 Å². The Morgan fingerprint density at radius 1 is 1.44 bits per heavy atom. The number of nitrogens with zero attached hydrogens (tertiary/aromatic N) is 1. The smallest absolute Gasteiger partial charge is 0.328 e. The van der Waals surface area contributed by atoms with Crippen molar-refractivity contribution in [3.63, 3.8) is 0 Å². The first-order valence-corrected chi connectivity index (χ1v) is 6.64. The second-order valence-corrected chi connectivity index (χ2v) is 5.90. The number of nitrogens with one attached hydrogen (secondary N) is 1. The Balaban J connectivity index is 2.25. The second kappa shape index (κ2) is 4.01. The zero-order valence-electron chi connectivity index (χ0n) is 8.79. The van der Waals surface area contributed by atoms with Crippen molar-refractivity contribution in [1.82, 2.24) is 9.97 Å². The van der Waals surface area contributed by atoms with Gasteiger partial charge in [0.25, 0.3) is 0 Å². The van der Waals surface area contributed by atoms with Crippen LogP contribution in [0.15, 0.2) is 24.3 Å². The zero-order valence-corrected chi connectivity index (χ0v) is 9.69. The Hall–Kier alpha value is -1.16. The lowest BCUT2D eigenvalue weighted by Crippen LogP contribution is -2.08. The Labute approximate surface area is 92.7 Å². The van der Waals surface area contributed by atoms with Crippen LogP contribution in [0.25, 0.3) is 11.0 Å². The molecule has 0 aliphatic rings. The van der Waals surface area contributed by atoms with Gasteiger partial charge in [0.15, 0.2) is 0 Å². The predicted molar refractivity (Wildman–Crippen MR) is 61.3 cm³/mol. The van der Waals surface area contributed by atoms with Crippen molar-refractivity contribution in [2.24, 2.45) is 0 Å². The van der Waals surface area contributed by atoms with E-state index >= 15 is 0 Å².